The molecule has 0 spiro atoms. The molecule has 2 fully saturated rings. The second-order valence-corrected chi connectivity index (χ2v) is 8.61. The highest BCUT2D eigenvalue weighted by atomic mass is 19.1. The van der Waals surface area contributed by atoms with Crippen molar-refractivity contribution in [3.63, 3.8) is 0 Å². The zero-order valence-electron chi connectivity index (χ0n) is 17.4. The van der Waals surface area contributed by atoms with E-state index in [1.807, 2.05) is 12.1 Å². The number of rotatable bonds is 7. The van der Waals surface area contributed by atoms with E-state index >= 15 is 0 Å². The number of amides is 2. The van der Waals surface area contributed by atoms with E-state index in [9.17, 15) is 19.3 Å². The van der Waals surface area contributed by atoms with E-state index in [-0.39, 0.29) is 23.1 Å². The van der Waals surface area contributed by atoms with Gasteiger partial charge in [-0.25, -0.2) is 9.18 Å². The molecule has 0 bridgehead atoms. The van der Waals surface area contributed by atoms with Crippen molar-refractivity contribution in [2.24, 2.45) is 0 Å². The van der Waals surface area contributed by atoms with Crippen LogP contribution < -0.4 is 10.6 Å². The van der Waals surface area contributed by atoms with Gasteiger partial charge in [-0.05, 0) is 74.9 Å². The number of carbonyl (C=O) groups is 1. The number of hydrogen-bond donors (Lipinski definition) is 2. The predicted octanol–water partition coefficient (Wildman–Crippen LogP) is 4.49. The van der Waals surface area contributed by atoms with E-state index in [0.29, 0.717) is 11.7 Å². The highest BCUT2D eigenvalue weighted by molar-refractivity contribution is 5.90. The molecule has 1 saturated heterocycles. The molecule has 0 aromatic heterocycles. The van der Waals surface area contributed by atoms with Gasteiger partial charge in [0.15, 0.2) is 0 Å². The second kappa shape index (κ2) is 9.01. The van der Waals surface area contributed by atoms with Crippen molar-refractivity contribution in [2.75, 3.05) is 18.4 Å². The van der Waals surface area contributed by atoms with E-state index in [0.717, 1.165) is 57.2 Å². The number of nitro benzene ring substituents is 1. The minimum Gasteiger partial charge on any atom is -0.331 e. The fourth-order valence-electron chi connectivity index (χ4n) is 4.61. The number of benzene rings is 2. The first-order chi connectivity index (χ1) is 14.9. The molecule has 31 heavy (non-hydrogen) atoms. The Kier molecular flexibility index (Phi) is 6.18. The summed E-state index contributed by atoms with van der Waals surface area (Å²) in [6.07, 6.45) is 6.04. The Balaban J connectivity index is 1.35. The van der Waals surface area contributed by atoms with Crippen LogP contribution in [0.1, 0.15) is 37.7 Å². The maximum atomic E-state index is 13.2. The van der Waals surface area contributed by atoms with Crippen LogP contribution in [0.15, 0.2) is 48.5 Å². The summed E-state index contributed by atoms with van der Waals surface area (Å²) in [5.74, 6) is -0.219. The summed E-state index contributed by atoms with van der Waals surface area (Å²) in [6.45, 7) is 1.80. The average molecular weight is 426 g/mol. The summed E-state index contributed by atoms with van der Waals surface area (Å²) in [4.78, 5) is 25.4. The highest BCUT2D eigenvalue weighted by Crippen LogP contribution is 2.35. The van der Waals surface area contributed by atoms with Crippen LogP contribution in [-0.4, -0.2) is 40.5 Å². The molecule has 7 nitrogen and oxygen atoms in total. The summed E-state index contributed by atoms with van der Waals surface area (Å²) in [7, 11) is 0. The Morgan fingerprint density at radius 2 is 1.84 bits per heavy atom. The number of likely N-dealkylation sites (tertiary alicyclic amines) is 1. The SMILES string of the molecule is O=C(Nc1ccc([N+](=O)[O-])cc1)NC1(CN2CCCC2Cc2ccc(F)cc2)CCC1. The van der Waals surface area contributed by atoms with Gasteiger partial charge in [-0.2, -0.15) is 0 Å². The number of halogens is 1. The molecule has 164 valence electrons. The molecule has 1 aliphatic heterocycles. The first-order valence-electron chi connectivity index (χ1n) is 10.7. The first-order valence-corrected chi connectivity index (χ1v) is 10.7. The second-order valence-electron chi connectivity index (χ2n) is 8.61. The molecule has 2 aliphatic rings. The Bertz CT molecular complexity index is 929. The molecule has 1 unspecified atom stereocenters. The number of nitrogens with one attached hydrogen (secondary N) is 2. The third kappa shape index (κ3) is 5.19. The molecule has 2 N–H and O–H groups in total. The smallest absolute Gasteiger partial charge is 0.319 e. The van der Waals surface area contributed by atoms with Crippen molar-refractivity contribution in [1.82, 2.24) is 10.2 Å². The van der Waals surface area contributed by atoms with Crippen LogP contribution in [0, 0.1) is 15.9 Å². The molecule has 1 atom stereocenters. The highest BCUT2D eigenvalue weighted by Gasteiger charge is 2.42. The monoisotopic (exact) mass is 426 g/mol. The van der Waals surface area contributed by atoms with Gasteiger partial charge in [-0.3, -0.25) is 15.0 Å². The van der Waals surface area contributed by atoms with Crippen LogP contribution >= 0.6 is 0 Å². The maximum Gasteiger partial charge on any atom is 0.319 e. The van der Waals surface area contributed by atoms with Crippen LogP contribution in [0.5, 0.6) is 0 Å². The number of carbonyl (C=O) groups excluding carboxylic acids is 1. The van der Waals surface area contributed by atoms with Crippen LogP contribution in [0.4, 0.5) is 20.6 Å². The minimum absolute atomic E-state index is 0.0114. The fourth-order valence-corrected chi connectivity index (χ4v) is 4.61. The van der Waals surface area contributed by atoms with Gasteiger partial charge >= 0.3 is 6.03 Å². The molecular weight excluding hydrogens is 399 g/mol. The van der Waals surface area contributed by atoms with Gasteiger partial charge in [0.2, 0.25) is 0 Å². The maximum absolute atomic E-state index is 13.2. The number of anilines is 1. The van der Waals surface area contributed by atoms with Crippen LogP contribution in [0.3, 0.4) is 0 Å². The summed E-state index contributed by atoms with van der Waals surface area (Å²) < 4.78 is 13.2. The molecule has 0 radical (unpaired) electrons. The Morgan fingerprint density at radius 1 is 1.13 bits per heavy atom. The fraction of sp³-hybridized carbons (Fsp3) is 0.435. The Morgan fingerprint density at radius 3 is 2.45 bits per heavy atom. The van der Waals surface area contributed by atoms with Crippen LogP contribution in [0.25, 0.3) is 0 Å². The summed E-state index contributed by atoms with van der Waals surface area (Å²) >= 11 is 0. The van der Waals surface area contributed by atoms with Gasteiger partial charge in [-0.1, -0.05) is 12.1 Å². The average Bonchev–Trinajstić information content (AvgIpc) is 3.14. The number of urea groups is 1. The quantitative estimate of drug-likeness (QED) is 0.505. The van der Waals surface area contributed by atoms with E-state index in [1.54, 1.807) is 0 Å². The standard InChI is InChI=1S/C23H27FN4O3/c24-18-6-4-17(5-7-18)15-21-3-1-14-27(21)16-23(12-2-13-23)26-22(29)25-19-8-10-20(11-9-19)28(30)31/h4-11,21H,1-3,12-16H2,(H2,25,26,29). The van der Waals surface area contributed by atoms with Crippen molar-refractivity contribution in [2.45, 2.75) is 50.1 Å². The summed E-state index contributed by atoms with van der Waals surface area (Å²) in [5, 5.41) is 16.7. The lowest BCUT2D eigenvalue weighted by atomic mass is 9.76. The largest absolute Gasteiger partial charge is 0.331 e. The molecule has 4 rings (SSSR count). The Hall–Kier alpha value is -3.00. The van der Waals surface area contributed by atoms with E-state index in [2.05, 4.69) is 15.5 Å². The van der Waals surface area contributed by atoms with E-state index in [1.165, 1.54) is 36.4 Å². The molecule has 2 aromatic rings. The molecular formula is C23H27FN4O3. The normalized spacial score (nSPS) is 20.1. The topological polar surface area (TPSA) is 87.5 Å². The van der Waals surface area contributed by atoms with Crippen molar-refractivity contribution in [1.29, 1.82) is 0 Å². The van der Waals surface area contributed by atoms with E-state index < -0.39 is 4.92 Å². The molecule has 2 aromatic carbocycles. The summed E-state index contributed by atoms with van der Waals surface area (Å²) in [6, 6.07) is 12.6. The van der Waals surface area contributed by atoms with Gasteiger partial charge < -0.3 is 10.6 Å². The predicted molar refractivity (Wildman–Crippen MR) is 117 cm³/mol. The number of hydrogen-bond acceptors (Lipinski definition) is 4. The van der Waals surface area contributed by atoms with Gasteiger partial charge in [-0.15, -0.1) is 0 Å². The van der Waals surface area contributed by atoms with Gasteiger partial charge in [0.25, 0.3) is 5.69 Å². The third-order valence-corrected chi connectivity index (χ3v) is 6.41. The first kappa shape index (κ1) is 21.2. The molecule has 1 saturated carbocycles. The van der Waals surface area contributed by atoms with Gasteiger partial charge in [0.1, 0.15) is 5.82 Å². The van der Waals surface area contributed by atoms with Crippen molar-refractivity contribution < 1.29 is 14.1 Å². The van der Waals surface area contributed by atoms with Crippen LogP contribution in [0.2, 0.25) is 0 Å². The van der Waals surface area contributed by atoms with Crippen LogP contribution in [-0.2, 0) is 6.42 Å². The zero-order valence-corrected chi connectivity index (χ0v) is 17.4. The van der Waals surface area contributed by atoms with E-state index in [4.69, 9.17) is 0 Å². The third-order valence-electron chi connectivity index (χ3n) is 6.41. The Labute approximate surface area is 180 Å². The zero-order chi connectivity index (χ0) is 21.8. The molecule has 2 amide bonds. The summed E-state index contributed by atoms with van der Waals surface area (Å²) in [5.41, 5.74) is 1.39. The lowest BCUT2D eigenvalue weighted by Gasteiger charge is -2.46. The number of nitrogens with zero attached hydrogens (tertiary/aromatic N) is 2. The molecule has 8 heteroatoms. The van der Waals surface area contributed by atoms with Gasteiger partial charge in [0.05, 0.1) is 10.5 Å². The molecule has 1 heterocycles. The number of non-ortho nitro benzene ring substituents is 1. The van der Waals surface area contributed by atoms with Crippen molar-refractivity contribution in [3.05, 3.63) is 70.0 Å². The lowest BCUT2D eigenvalue weighted by Crippen LogP contribution is -2.61. The van der Waals surface area contributed by atoms with Gasteiger partial charge in [0, 0.05) is 30.4 Å². The molecule has 1 aliphatic carbocycles. The minimum atomic E-state index is -0.467. The van der Waals surface area contributed by atoms with Crippen molar-refractivity contribution >= 4 is 17.4 Å². The number of nitro groups is 1. The van der Waals surface area contributed by atoms with Crippen molar-refractivity contribution in [3.8, 4) is 0 Å². The lowest BCUT2D eigenvalue weighted by molar-refractivity contribution is -0.384.